The van der Waals surface area contributed by atoms with Crippen LogP contribution in [0.4, 0.5) is 11.4 Å². The maximum Gasteiger partial charge on any atom is 0.339 e. The molecular weight excluding hydrogens is 336 g/mol. The number of methoxy groups -OCH3 is 1. The Bertz CT molecular complexity index is 908. The van der Waals surface area contributed by atoms with Crippen LogP contribution in [0.5, 0.6) is 0 Å². The number of carbonyl (C=O) groups is 1. The SMILES string of the molecule is COC(=O)c1ccccc1S(=O)(=O)Nc1cc([N+](=O)[O-])ccc1C. The average Bonchev–Trinajstić information content (AvgIpc) is 2.55. The molecule has 2 aromatic rings. The summed E-state index contributed by atoms with van der Waals surface area (Å²) < 4.78 is 32.0. The monoisotopic (exact) mass is 350 g/mol. The number of non-ortho nitro benzene ring substituents is 1. The number of aryl methyl sites for hydroxylation is 1. The van der Waals surface area contributed by atoms with Gasteiger partial charge in [0.1, 0.15) is 4.90 Å². The summed E-state index contributed by atoms with van der Waals surface area (Å²) in [6.07, 6.45) is 0. The van der Waals surface area contributed by atoms with Crippen molar-refractivity contribution >= 4 is 27.4 Å². The number of nitro groups is 1. The molecule has 0 amide bonds. The third-order valence-corrected chi connectivity index (χ3v) is 4.68. The number of sulfonamides is 1. The Hall–Kier alpha value is -2.94. The summed E-state index contributed by atoms with van der Waals surface area (Å²) in [5.41, 5.74) is 0.179. The van der Waals surface area contributed by atoms with E-state index in [2.05, 4.69) is 9.46 Å². The number of hydrogen-bond acceptors (Lipinski definition) is 6. The van der Waals surface area contributed by atoms with E-state index in [1.54, 1.807) is 6.92 Å². The van der Waals surface area contributed by atoms with Crippen molar-refractivity contribution in [2.45, 2.75) is 11.8 Å². The van der Waals surface area contributed by atoms with Crippen molar-refractivity contribution in [3.8, 4) is 0 Å². The molecule has 9 heteroatoms. The van der Waals surface area contributed by atoms with Crippen molar-refractivity contribution in [2.75, 3.05) is 11.8 Å². The van der Waals surface area contributed by atoms with E-state index < -0.39 is 20.9 Å². The lowest BCUT2D eigenvalue weighted by Gasteiger charge is -2.12. The van der Waals surface area contributed by atoms with Crippen LogP contribution in [0.15, 0.2) is 47.4 Å². The fourth-order valence-corrected chi connectivity index (χ4v) is 3.33. The van der Waals surface area contributed by atoms with E-state index in [0.717, 1.165) is 13.2 Å². The molecule has 0 saturated heterocycles. The van der Waals surface area contributed by atoms with E-state index in [1.165, 1.54) is 36.4 Å². The van der Waals surface area contributed by atoms with E-state index in [-0.39, 0.29) is 21.8 Å². The zero-order valence-electron chi connectivity index (χ0n) is 12.8. The van der Waals surface area contributed by atoms with E-state index >= 15 is 0 Å². The Labute approximate surface area is 138 Å². The van der Waals surface area contributed by atoms with Crippen LogP contribution in [0.1, 0.15) is 15.9 Å². The smallest absolute Gasteiger partial charge is 0.339 e. The summed E-state index contributed by atoms with van der Waals surface area (Å²) >= 11 is 0. The van der Waals surface area contributed by atoms with Crippen molar-refractivity contribution in [2.24, 2.45) is 0 Å². The van der Waals surface area contributed by atoms with Crippen molar-refractivity contribution in [3.05, 3.63) is 63.7 Å². The first-order valence-electron chi connectivity index (χ1n) is 6.71. The van der Waals surface area contributed by atoms with Crippen LogP contribution in [0.2, 0.25) is 0 Å². The van der Waals surface area contributed by atoms with Gasteiger partial charge in [-0.3, -0.25) is 14.8 Å². The molecule has 2 aromatic carbocycles. The Morgan fingerprint density at radius 3 is 2.50 bits per heavy atom. The molecule has 24 heavy (non-hydrogen) atoms. The second-order valence-electron chi connectivity index (χ2n) is 4.85. The molecule has 126 valence electrons. The van der Waals surface area contributed by atoms with E-state index in [9.17, 15) is 23.3 Å². The van der Waals surface area contributed by atoms with Gasteiger partial charge in [-0.15, -0.1) is 0 Å². The van der Waals surface area contributed by atoms with Crippen molar-refractivity contribution < 1.29 is 22.9 Å². The molecule has 0 spiro atoms. The Balaban J connectivity index is 2.49. The summed E-state index contributed by atoms with van der Waals surface area (Å²) in [5.74, 6) is -0.799. The van der Waals surface area contributed by atoms with Crippen LogP contribution in [0, 0.1) is 17.0 Å². The minimum atomic E-state index is -4.14. The van der Waals surface area contributed by atoms with Gasteiger partial charge in [-0.1, -0.05) is 18.2 Å². The lowest BCUT2D eigenvalue weighted by molar-refractivity contribution is -0.384. The minimum absolute atomic E-state index is 0.0591. The Morgan fingerprint density at radius 2 is 1.88 bits per heavy atom. The van der Waals surface area contributed by atoms with Crippen molar-refractivity contribution in [1.29, 1.82) is 0 Å². The number of benzene rings is 2. The van der Waals surface area contributed by atoms with Crippen molar-refractivity contribution in [1.82, 2.24) is 0 Å². The number of nitro benzene ring substituents is 1. The summed E-state index contributed by atoms with van der Waals surface area (Å²) in [4.78, 5) is 21.7. The topological polar surface area (TPSA) is 116 Å². The number of anilines is 1. The molecule has 8 nitrogen and oxygen atoms in total. The van der Waals surface area contributed by atoms with Crippen LogP contribution in [0.25, 0.3) is 0 Å². The number of carbonyl (C=O) groups excluding carboxylic acids is 1. The van der Waals surface area contributed by atoms with Gasteiger partial charge in [-0.05, 0) is 24.6 Å². The highest BCUT2D eigenvalue weighted by atomic mass is 32.2. The first kappa shape index (κ1) is 17.4. The van der Waals surface area contributed by atoms with Gasteiger partial charge in [-0.2, -0.15) is 0 Å². The van der Waals surface area contributed by atoms with Gasteiger partial charge >= 0.3 is 5.97 Å². The molecular formula is C15H14N2O6S. The predicted molar refractivity (Wildman–Crippen MR) is 86.4 cm³/mol. The predicted octanol–water partition coefficient (Wildman–Crippen LogP) is 2.49. The molecule has 1 N–H and O–H groups in total. The molecule has 0 saturated carbocycles. The number of esters is 1. The molecule has 0 unspecified atom stereocenters. The van der Waals surface area contributed by atoms with Gasteiger partial charge in [0, 0.05) is 12.1 Å². The summed E-state index contributed by atoms with van der Waals surface area (Å²) in [7, 11) is -2.99. The van der Waals surface area contributed by atoms with Gasteiger partial charge in [0.25, 0.3) is 15.7 Å². The minimum Gasteiger partial charge on any atom is -0.465 e. The zero-order chi connectivity index (χ0) is 17.9. The molecule has 0 aromatic heterocycles. The third-order valence-electron chi connectivity index (χ3n) is 3.26. The summed E-state index contributed by atoms with van der Waals surface area (Å²) in [5, 5.41) is 10.8. The van der Waals surface area contributed by atoms with Crippen LogP contribution in [0.3, 0.4) is 0 Å². The summed E-state index contributed by atoms with van der Waals surface area (Å²) in [6, 6.07) is 9.36. The highest BCUT2D eigenvalue weighted by Gasteiger charge is 2.24. The van der Waals surface area contributed by atoms with Gasteiger partial charge in [0.05, 0.1) is 23.3 Å². The highest BCUT2D eigenvalue weighted by Crippen LogP contribution is 2.26. The first-order valence-corrected chi connectivity index (χ1v) is 8.20. The second kappa shape index (κ2) is 6.67. The van der Waals surface area contributed by atoms with Crippen LogP contribution < -0.4 is 4.72 Å². The Kier molecular flexibility index (Phi) is 4.84. The number of ether oxygens (including phenoxy) is 1. The van der Waals surface area contributed by atoms with Crippen LogP contribution in [-0.2, 0) is 14.8 Å². The molecule has 0 aliphatic rings. The quantitative estimate of drug-likeness (QED) is 0.503. The van der Waals surface area contributed by atoms with Gasteiger partial charge in [0.2, 0.25) is 0 Å². The number of rotatable bonds is 5. The maximum atomic E-state index is 12.6. The number of nitrogens with one attached hydrogen (secondary N) is 1. The molecule has 0 heterocycles. The molecule has 0 fully saturated rings. The van der Waals surface area contributed by atoms with E-state index in [4.69, 9.17) is 0 Å². The molecule has 0 atom stereocenters. The fourth-order valence-electron chi connectivity index (χ4n) is 2.01. The Morgan fingerprint density at radius 1 is 1.21 bits per heavy atom. The average molecular weight is 350 g/mol. The van der Waals surface area contributed by atoms with Gasteiger partial charge in [-0.25, -0.2) is 13.2 Å². The maximum absolute atomic E-state index is 12.6. The molecule has 0 radical (unpaired) electrons. The van der Waals surface area contributed by atoms with Crippen LogP contribution in [-0.4, -0.2) is 26.4 Å². The zero-order valence-corrected chi connectivity index (χ0v) is 13.7. The van der Waals surface area contributed by atoms with Crippen molar-refractivity contribution in [3.63, 3.8) is 0 Å². The standard InChI is InChI=1S/C15H14N2O6S/c1-10-7-8-11(17(19)20)9-13(10)16-24(21,22)14-6-4-3-5-12(14)15(18)23-2/h3-9,16H,1-2H3. The lowest BCUT2D eigenvalue weighted by Crippen LogP contribution is -2.18. The van der Waals surface area contributed by atoms with Gasteiger partial charge < -0.3 is 4.74 Å². The van der Waals surface area contributed by atoms with E-state index in [1.807, 2.05) is 0 Å². The number of nitrogens with zero attached hydrogens (tertiary/aromatic N) is 1. The molecule has 2 rings (SSSR count). The summed E-state index contributed by atoms with van der Waals surface area (Å²) in [6.45, 7) is 1.60. The van der Waals surface area contributed by atoms with Gasteiger partial charge in [0.15, 0.2) is 0 Å². The molecule has 0 bridgehead atoms. The second-order valence-corrected chi connectivity index (χ2v) is 6.50. The normalized spacial score (nSPS) is 10.9. The van der Waals surface area contributed by atoms with Crippen LogP contribution >= 0.6 is 0 Å². The number of hydrogen-bond donors (Lipinski definition) is 1. The first-order chi connectivity index (χ1) is 11.3. The molecule has 0 aliphatic heterocycles. The molecule has 0 aliphatic carbocycles. The third kappa shape index (κ3) is 3.51. The fraction of sp³-hybridized carbons (Fsp3) is 0.133. The lowest BCUT2D eigenvalue weighted by atomic mass is 10.2. The largest absolute Gasteiger partial charge is 0.465 e. The van der Waals surface area contributed by atoms with E-state index in [0.29, 0.717) is 5.56 Å². The highest BCUT2D eigenvalue weighted by molar-refractivity contribution is 7.92.